The van der Waals surface area contributed by atoms with Crippen molar-refractivity contribution in [1.82, 2.24) is 10.3 Å². The quantitative estimate of drug-likeness (QED) is 0.425. The van der Waals surface area contributed by atoms with E-state index < -0.39 is 11.9 Å². The topological polar surface area (TPSA) is 86.3 Å². The van der Waals surface area contributed by atoms with Gasteiger partial charge >= 0.3 is 5.97 Å². The maximum absolute atomic E-state index is 13.5. The van der Waals surface area contributed by atoms with Gasteiger partial charge in [-0.3, -0.25) is 4.79 Å². The van der Waals surface area contributed by atoms with Gasteiger partial charge in [-0.2, -0.15) is 0 Å². The molecule has 0 amide bonds. The van der Waals surface area contributed by atoms with E-state index in [9.17, 15) is 14.3 Å². The van der Waals surface area contributed by atoms with Crippen molar-refractivity contribution in [2.45, 2.75) is 31.3 Å². The zero-order valence-corrected chi connectivity index (χ0v) is 17.9. The lowest BCUT2D eigenvalue weighted by Gasteiger charge is -2.34. The first-order chi connectivity index (χ1) is 15.5. The summed E-state index contributed by atoms with van der Waals surface area (Å²) in [4.78, 5) is 15.5. The number of pyridine rings is 1. The van der Waals surface area contributed by atoms with Gasteiger partial charge in [0.15, 0.2) is 0 Å². The average molecular weight is 435 g/mol. The average Bonchev–Trinajstić information content (AvgIpc) is 2.82. The first-order valence-electron chi connectivity index (χ1n) is 10.8. The maximum Gasteiger partial charge on any atom is 0.310 e. The molecule has 1 aromatic heterocycles. The Morgan fingerprint density at radius 1 is 1.19 bits per heavy atom. The summed E-state index contributed by atoms with van der Waals surface area (Å²) in [5.41, 5.74) is 3.71. The molecule has 4 N–H and O–H groups in total. The van der Waals surface area contributed by atoms with Gasteiger partial charge in [0.1, 0.15) is 11.6 Å². The van der Waals surface area contributed by atoms with E-state index in [1.54, 1.807) is 6.92 Å². The molecule has 32 heavy (non-hydrogen) atoms. The molecule has 0 aliphatic carbocycles. The molecule has 0 fully saturated rings. The van der Waals surface area contributed by atoms with E-state index in [1.807, 2.05) is 42.5 Å². The van der Waals surface area contributed by atoms with Crippen LogP contribution in [0, 0.1) is 5.82 Å². The van der Waals surface area contributed by atoms with Crippen molar-refractivity contribution in [2.24, 2.45) is 0 Å². The lowest BCUT2D eigenvalue weighted by atomic mass is 9.96. The minimum absolute atomic E-state index is 0.00447. The molecular weight excluding hydrogens is 407 g/mol. The highest BCUT2D eigenvalue weighted by atomic mass is 19.1. The van der Waals surface area contributed by atoms with Crippen LogP contribution in [-0.2, 0) is 11.2 Å². The summed E-state index contributed by atoms with van der Waals surface area (Å²) in [7, 11) is 0. The van der Waals surface area contributed by atoms with Crippen LogP contribution >= 0.6 is 0 Å². The number of carboxylic acids is 1. The van der Waals surface area contributed by atoms with E-state index in [1.165, 1.54) is 12.3 Å². The number of fused-ring (bicyclic) bond motifs is 1. The predicted octanol–water partition coefficient (Wildman–Crippen LogP) is 4.19. The summed E-state index contributed by atoms with van der Waals surface area (Å²) in [5.74, 6) is -1.08. The molecule has 6 nitrogen and oxygen atoms in total. The van der Waals surface area contributed by atoms with Crippen molar-refractivity contribution in [3.8, 4) is 0 Å². The standard InChI is InChI=1S/C25H27FN4O2/c1-16(25(31)32)19-9-5-6-17(12-19)10-11-27-23(18-7-3-2-4-8-18)22-15-28-21-13-20(26)14-29-24(21)30-22/h2-9,12-14,16,22-23,27-28H,10-11,15H2,1H3,(H,29,30)(H,31,32)/t16-,22+,23+/m0/s1. The molecule has 3 atom stereocenters. The fourth-order valence-corrected chi connectivity index (χ4v) is 4.02. The number of aromatic nitrogens is 1. The van der Waals surface area contributed by atoms with Gasteiger partial charge in [0.2, 0.25) is 0 Å². The van der Waals surface area contributed by atoms with E-state index in [0.29, 0.717) is 24.6 Å². The number of hydrogen-bond donors (Lipinski definition) is 4. The van der Waals surface area contributed by atoms with Crippen molar-refractivity contribution in [1.29, 1.82) is 0 Å². The third kappa shape index (κ3) is 5.06. The molecule has 0 saturated carbocycles. The van der Waals surface area contributed by atoms with Crippen LogP contribution in [0.5, 0.6) is 0 Å². The van der Waals surface area contributed by atoms with Crippen molar-refractivity contribution in [2.75, 3.05) is 23.7 Å². The molecule has 0 spiro atoms. The third-order valence-electron chi connectivity index (χ3n) is 5.85. The van der Waals surface area contributed by atoms with Crippen LogP contribution in [0.3, 0.4) is 0 Å². The van der Waals surface area contributed by atoms with Crippen LogP contribution in [0.2, 0.25) is 0 Å². The summed E-state index contributed by atoms with van der Waals surface area (Å²) < 4.78 is 13.5. The molecule has 7 heteroatoms. The highest BCUT2D eigenvalue weighted by Gasteiger charge is 2.27. The second-order valence-corrected chi connectivity index (χ2v) is 8.08. The molecule has 1 aliphatic rings. The molecule has 3 aromatic rings. The summed E-state index contributed by atoms with van der Waals surface area (Å²) >= 11 is 0. The SMILES string of the molecule is C[C@H](C(=O)O)c1cccc(CCN[C@H](c2ccccc2)[C@H]2CNc3cc(F)cnc3N2)c1. The van der Waals surface area contributed by atoms with Crippen molar-refractivity contribution in [3.05, 3.63) is 89.4 Å². The molecule has 1 aliphatic heterocycles. The van der Waals surface area contributed by atoms with Crippen LogP contribution in [0.15, 0.2) is 66.9 Å². The van der Waals surface area contributed by atoms with E-state index >= 15 is 0 Å². The van der Waals surface area contributed by atoms with Crippen molar-refractivity contribution >= 4 is 17.5 Å². The number of carbonyl (C=O) groups is 1. The van der Waals surface area contributed by atoms with E-state index in [0.717, 1.165) is 23.1 Å². The van der Waals surface area contributed by atoms with Crippen LogP contribution in [0.4, 0.5) is 15.9 Å². The molecule has 0 unspecified atom stereocenters. The second kappa shape index (κ2) is 9.78. The summed E-state index contributed by atoms with van der Waals surface area (Å²) in [6, 6.07) is 19.4. The fourth-order valence-electron chi connectivity index (χ4n) is 4.02. The molecule has 2 heterocycles. The number of carboxylic acid groups (broad SMARTS) is 1. The normalized spacial score (nSPS) is 16.9. The highest BCUT2D eigenvalue weighted by molar-refractivity contribution is 5.75. The molecule has 0 radical (unpaired) electrons. The van der Waals surface area contributed by atoms with Gasteiger partial charge in [0, 0.05) is 12.6 Å². The van der Waals surface area contributed by atoms with E-state index in [4.69, 9.17) is 0 Å². The van der Waals surface area contributed by atoms with Gasteiger partial charge in [0.05, 0.1) is 29.9 Å². The number of benzene rings is 2. The van der Waals surface area contributed by atoms with Crippen LogP contribution in [-0.4, -0.2) is 35.2 Å². The number of halogens is 1. The van der Waals surface area contributed by atoms with Gasteiger partial charge in [-0.25, -0.2) is 9.37 Å². The molecule has 4 rings (SSSR count). The highest BCUT2D eigenvalue weighted by Crippen LogP contribution is 2.29. The monoisotopic (exact) mass is 434 g/mol. The van der Waals surface area contributed by atoms with Gasteiger partial charge in [0.25, 0.3) is 0 Å². The summed E-state index contributed by atoms with van der Waals surface area (Å²) in [6.07, 6.45) is 1.98. The molecule has 166 valence electrons. The van der Waals surface area contributed by atoms with Crippen molar-refractivity contribution in [3.63, 3.8) is 0 Å². The van der Waals surface area contributed by atoms with Crippen LogP contribution in [0.25, 0.3) is 0 Å². The largest absolute Gasteiger partial charge is 0.481 e. The number of nitrogens with one attached hydrogen (secondary N) is 3. The molecule has 2 aromatic carbocycles. The van der Waals surface area contributed by atoms with Crippen LogP contribution in [0.1, 0.15) is 35.6 Å². The maximum atomic E-state index is 13.5. The van der Waals surface area contributed by atoms with Crippen molar-refractivity contribution < 1.29 is 14.3 Å². The third-order valence-corrected chi connectivity index (χ3v) is 5.85. The molecule has 0 saturated heterocycles. The Morgan fingerprint density at radius 2 is 1.97 bits per heavy atom. The van der Waals surface area contributed by atoms with Gasteiger partial charge in [-0.05, 0) is 36.6 Å². The van der Waals surface area contributed by atoms with E-state index in [2.05, 4.69) is 33.1 Å². The minimum Gasteiger partial charge on any atom is -0.481 e. The summed E-state index contributed by atoms with van der Waals surface area (Å²) in [6.45, 7) is 3.03. The number of anilines is 2. The zero-order chi connectivity index (χ0) is 22.5. The Morgan fingerprint density at radius 3 is 2.75 bits per heavy atom. The Kier molecular flexibility index (Phi) is 6.66. The second-order valence-electron chi connectivity index (χ2n) is 8.08. The molecule has 0 bridgehead atoms. The van der Waals surface area contributed by atoms with Gasteiger partial charge in [-0.1, -0.05) is 54.6 Å². The Labute approximate surface area is 186 Å². The predicted molar refractivity (Wildman–Crippen MR) is 123 cm³/mol. The number of rotatable bonds is 8. The Bertz CT molecular complexity index is 1080. The Balaban J connectivity index is 1.46. The first-order valence-corrected chi connectivity index (χ1v) is 10.8. The van der Waals surface area contributed by atoms with Crippen LogP contribution < -0.4 is 16.0 Å². The van der Waals surface area contributed by atoms with E-state index in [-0.39, 0.29) is 17.9 Å². The Hall–Kier alpha value is -3.45. The minimum atomic E-state index is -0.825. The van der Waals surface area contributed by atoms with Gasteiger partial charge < -0.3 is 21.1 Å². The smallest absolute Gasteiger partial charge is 0.310 e. The number of aliphatic carboxylic acids is 1. The number of hydrogen-bond acceptors (Lipinski definition) is 5. The lowest BCUT2D eigenvalue weighted by Crippen LogP contribution is -2.44. The lowest BCUT2D eigenvalue weighted by molar-refractivity contribution is -0.138. The molecular formula is C25H27FN4O2. The fraction of sp³-hybridized carbons (Fsp3) is 0.280. The van der Waals surface area contributed by atoms with Gasteiger partial charge in [-0.15, -0.1) is 0 Å². The number of nitrogens with zero attached hydrogens (tertiary/aromatic N) is 1. The summed E-state index contributed by atoms with van der Waals surface area (Å²) in [5, 5.41) is 19.6. The zero-order valence-electron chi connectivity index (χ0n) is 17.9. The first kappa shape index (κ1) is 21.8.